The summed E-state index contributed by atoms with van der Waals surface area (Å²) >= 11 is 6.23. The number of furan rings is 1. The first kappa shape index (κ1) is 19.3. The van der Waals surface area contributed by atoms with Crippen molar-refractivity contribution in [3.63, 3.8) is 0 Å². The van der Waals surface area contributed by atoms with E-state index in [0.717, 1.165) is 25.7 Å². The van der Waals surface area contributed by atoms with Crippen LogP contribution in [0.5, 0.6) is 0 Å². The first-order chi connectivity index (χ1) is 14.6. The first-order valence-electron chi connectivity index (χ1n) is 8.94. The number of anilines is 1. The number of nitrogens with one attached hydrogen (secondary N) is 1. The third kappa shape index (κ3) is 3.73. The average Bonchev–Trinajstić information content (AvgIpc) is 3.41. The molecule has 1 amide bonds. The molecule has 3 heterocycles. The zero-order valence-corrected chi connectivity index (χ0v) is 18.8. The van der Waals surface area contributed by atoms with Gasteiger partial charge in [-0.25, -0.2) is 4.98 Å². The number of thioether (sulfide) groups is 1. The molecule has 0 aliphatic heterocycles. The van der Waals surface area contributed by atoms with Crippen LogP contribution >= 0.6 is 39.0 Å². The van der Waals surface area contributed by atoms with Gasteiger partial charge in [-0.05, 0) is 36.4 Å². The molecule has 0 saturated carbocycles. The monoisotopic (exact) mass is 499 g/mol. The summed E-state index contributed by atoms with van der Waals surface area (Å²) in [7, 11) is 1.85. The second kappa shape index (κ2) is 7.86. The number of nitrogens with zero attached hydrogens (tertiary/aromatic N) is 4. The van der Waals surface area contributed by atoms with Gasteiger partial charge in [-0.2, -0.15) is 0 Å². The van der Waals surface area contributed by atoms with E-state index >= 15 is 0 Å². The van der Waals surface area contributed by atoms with E-state index in [2.05, 4.69) is 36.4 Å². The SMILES string of the molecule is Cn1c(SCC(=O)Nc2nc3ccccc3s2)nnc1-c1cc2cc(Br)ccc2o1. The molecule has 0 radical (unpaired) electrons. The van der Waals surface area contributed by atoms with E-state index in [1.54, 1.807) is 0 Å². The molecular formula is C20H14BrN5O2S2. The molecule has 1 N–H and O–H groups in total. The Morgan fingerprint density at radius 1 is 1.23 bits per heavy atom. The maximum Gasteiger partial charge on any atom is 0.236 e. The van der Waals surface area contributed by atoms with E-state index in [-0.39, 0.29) is 11.7 Å². The summed E-state index contributed by atoms with van der Waals surface area (Å²) in [6.07, 6.45) is 0. The van der Waals surface area contributed by atoms with Crippen molar-refractivity contribution in [2.75, 3.05) is 11.1 Å². The maximum atomic E-state index is 12.4. The van der Waals surface area contributed by atoms with E-state index in [1.165, 1.54) is 23.1 Å². The van der Waals surface area contributed by atoms with Crippen molar-refractivity contribution in [1.82, 2.24) is 19.7 Å². The number of halogens is 1. The van der Waals surface area contributed by atoms with Gasteiger partial charge in [0.2, 0.25) is 5.91 Å². The molecule has 0 unspecified atom stereocenters. The molecule has 0 saturated heterocycles. The maximum absolute atomic E-state index is 12.4. The van der Waals surface area contributed by atoms with Crippen molar-refractivity contribution in [1.29, 1.82) is 0 Å². The second-order valence-electron chi connectivity index (χ2n) is 6.48. The predicted octanol–water partition coefficient (Wildman–Crippen LogP) is 5.33. The van der Waals surface area contributed by atoms with Crippen molar-refractivity contribution >= 4 is 71.3 Å². The molecule has 30 heavy (non-hydrogen) atoms. The number of aromatic nitrogens is 4. The van der Waals surface area contributed by atoms with Gasteiger partial charge in [-0.15, -0.1) is 10.2 Å². The minimum atomic E-state index is -0.141. The van der Waals surface area contributed by atoms with Gasteiger partial charge in [0.15, 0.2) is 21.9 Å². The molecule has 0 aliphatic rings. The van der Waals surface area contributed by atoms with Crippen LogP contribution in [0.3, 0.4) is 0 Å². The molecule has 0 bridgehead atoms. The van der Waals surface area contributed by atoms with Gasteiger partial charge >= 0.3 is 0 Å². The van der Waals surface area contributed by atoms with Crippen LogP contribution in [-0.4, -0.2) is 31.4 Å². The summed E-state index contributed by atoms with van der Waals surface area (Å²) in [4.78, 5) is 16.8. The number of fused-ring (bicyclic) bond motifs is 2. The highest BCUT2D eigenvalue weighted by Gasteiger charge is 2.17. The Balaban J connectivity index is 1.28. The predicted molar refractivity (Wildman–Crippen MR) is 123 cm³/mol. The van der Waals surface area contributed by atoms with Crippen molar-refractivity contribution in [2.45, 2.75) is 5.16 Å². The summed E-state index contributed by atoms with van der Waals surface area (Å²) in [5, 5.41) is 13.5. The topological polar surface area (TPSA) is 85.8 Å². The van der Waals surface area contributed by atoms with E-state index < -0.39 is 0 Å². The standard InChI is InChI=1S/C20H14BrN5O2S2/c1-26-18(15-9-11-8-12(21)6-7-14(11)28-15)24-25-20(26)29-10-17(27)23-19-22-13-4-2-3-5-16(13)30-19/h2-9H,10H2,1H3,(H,22,23,27). The van der Waals surface area contributed by atoms with E-state index in [9.17, 15) is 4.79 Å². The Kier molecular flexibility index (Phi) is 5.05. The molecule has 5 aromatic rings. The van der Waals surface area contributed by atoms with Crippen LogP contribution in [0.15, 0.2) is 62.6 Å². The van der Waals surface area contributed by atoms with Gasteiger partial charge in [-0.1, -0.05) is 51.2 Å². The second-order valence-corrected chi connectivity index (χ2v) is 9.37. The normalized spacial score (nSPS) is 11.4. The Bertz CT molecular complexity index is 1360. The fraction of sp³-hybridized carbons (Fsp3) is 0.100. The average molecular weight is 500 g/mol. The Morgan fingerprint density at radius 2 is 2.10 bits per heavy atom. The number of hydrogen-bond donors (Lipinski definition) is 1. The van der Waals surface area contributed by atoms with Crippen LogP contribution in [-0.2, 0) is 11.8 Å². The van der Waals surface area contributed by atoms with Crippen molar-refractivity contribution in [3.8, 4) is 11.6 Å². The summed E-state index contributed by atoms with van der Waals surface area (Å²) in [6.45, 7) is 0. The molecular weight excluding hydrogens is 486 g/mol. The fourth-order valence-electron chi connectivity index (χ4n) is 2.99. The van der Waals surface area contributed by atoms with Crippen LogP contribution in [0.25, 0.3) is 32.8 Å². The molecule has 3 aromatic heterocycles. The van der Waals surface area contributed by atoms with Gasteiger partial charge in [0.1, 0.15) is 5.58 Å². The van der Waals surface area contributed by atoms with Gasteiger partial charge in [0.25, 0.3) is 0 Å². The number of para-hydroxylation sites is 1. The highest BCUT2D eigenvalue weighted by molar-refractivity contribution is 9.10. The molecule has 150 valence electrons. The highest BCUT2D eigenvalue weighted by atomic mass is 79.9. The molecule has 0 fully saturated rings. The molecule has 2 aromatic carbocycles. The molecule has 5 rings (SSSR count). The van der Waals surface area contributed by atoms with Crippen LogP contribution in [0, 0.1) is 0 Å². The lowest BCUT2D eigenvalue weighted by Gasteiger charge is -2.02. The van der Waals surface area contributed by atoms with Crippen molar-refractivity contribution < 1.29 is 9.21 Å². The Labute approximate surface area is 187 Å². The number of amides is 1. The fourth-order valence-corrected chi connectivity index (χ4v) is 4.96. The Hall–Kier alpha value is -2.69. The lowest BCUT2D eigenvalue weighted by Crippen LogP contribution is -2.14. The van der Waals surface area contributed by atoms with E-state index in [1.807, 2.05) is 60.1 Å². The Morgan fingerprint density at radius 3 is 2.97 bits per heavy atom. The summed E-state index contributed by atoms with van der Waals surface area (Å²) in [5.41, 5.74) is 1.65. The van der Waals surface area contributed by atoms with Gasteiger partial charge in [0.05, 0.1) is 16.0 Å². The van der Waals surface area contributed by atoms with Crippen LogP contribution in [0.2, 0.25) is 0 Å². The van der Waals surface area contributed by atoms with Crippen LogP contribution in [0.4, 0.5) is 5.13 Å². The number of rotatable bonds is 5. The van der Waals surface area contributed by atoms with E-state index in [0.29, 0.717) is 21.9 Å². The van der Waals surface area contributed by atoms with Crippen LogP contribution in [0.1, 0.15) is 0 Å². The third-order valence-electron chi connectivity index (χ3n) is 4.41. The van der Waals surface area contributed by atoms with Gasteiger partial charge in [-0.3, -0.25) is 4.79 Å². The largest absolute Gasteiger partial charge is 0.453 e. The molecule has 7 nitrogen and oxygen atoms in total. The lowest BCUT2D eigenvalue weighted by atomic mass is 10.2. The number of carbonyl (C=O) groups is 1. The number of benzene rings is 2. The summed E-state index contributed by atoms with van der Waals surface area (Å²) in [6, 6.07) is 15.5. The minimum Gasteiger partial charge on any atom is -0.453 e. The zero-order chi connectivity index (χ0) is 20.7. The molecule has 10 heteroatoms. The summed E-state index contributed by atoms with van der Waals surface area (Å²) in [5.74, 6) is 1.30. The highest BCUT2D eigenvalue weighted by Crippen LogP contribution is 2.30. The van der Waals surface area contributed by atoms with Crippen molar-refractivity contribution in [3.05, 3.63) is 53.0 Å². The number of carbonyl (C=O) groups excluding carboxylic acids is 1. The quantitative estimate of drug-likeness (QED) is 0.329. The first-order valence-corrected chi connectivity index (χ1v) is 11.5. The number of hydrogen-bond acceptors (Lipinski definition) is 7. The third-order valence-corrected chi connectivity index (χ3v) is 6.87. The minimum absolute atomic E-state index is 0.141. The van der Waals surface area contributed by atoms with Gasteiger partial charge < -0.3 is 14.3 Å². The molecule has 0 aliphatic carbocycles. The molecule has 0 spiro atoms. The van der Waals surface area contributed by atoms with E-state index in [4.69, 9.17) is 4.42 Å². The smallest absolute Gasteiger partial charge is 0.236 e. The zero-order valence-electron chi connectivity index (χ0n) is 15.6. The molecule has 0 atom stereocenters. The lowest BCUT2D eigenvalue weighted by molar-refractivity contribution is -0.113. The van der Waals surface area contributed by atoms with Gasteiger partial charge in [0, 0.05) is 16.9 Å². The summed E-state index contributed by atoms with van der Waals surface area (Å²) < 4.78 is 9.74. The van der Waals surface area contributed by atoms with Crippen molar-refractivity contribution in [2.24, 2.45) is 7.05 Å². The number of thiazole rings is 1. The van der Waals surface area contributed by atoms with Crippen LogP contribution < -0.4 is 5.32 Å².